The van der Waals surface area contributed by atoms with Gasteiger partial charge in [-0.1, -0.05) is 6.07 Å². The van der Waals surface area contributed by atoms with Gasteiger partial charge in [0.25, 0.3) is 0 Å². The Labute approximate surface area is 71.8 Å². The van der Waals surface area contributed by atoms with Gasteiger partial charge in [0.2, 0.25) is 0 Å². The van der Waals surface area contributed by atoms with E-state index >= 15 is 0 Å². The molecule has 1 aromatic rings. The van der Waals surface area contributed by atoms with Crippen molar-refractivity contribution in [3.05, 3.63) is 23.8 Å². The average molecular weight is 167 g/mol. The number of aromatic hydroxyl groups is 1. The van der Waals surface area contributed by atoms with Gasteiger partial charge in [-0.15, -0.1) is 0 Å². The first-order valence-electron chi connectivity index (χ1n) is 3.77. The predicted molar refractivity (Wildman–Crippen MR) is 47.3 cm³/mol. The highest BCUT2D eigenvalue weighted by molar-refractivity contribution is 5.40. The number of methoxy groups -OCH3 is 1. The van der Waals surface area contributed by atoms with Crippen LogP contribution in [0.15, 0.2) is 18.2 Å². The molecule has 3 N–H and O–H groups in total. The summed E-state index contributed by atoms with van der Waals surface area (Å²) in [7, 11) is 1.56. The lowest BCUT2D eigenvalue weighted by molar-refractivity contribution is 0.405. The monoisotopic (exact) mass is 167 g/mol. The minimum Gasteiger partial charge on any atom is -0.507 e. The molecule has 0 saturated heterocycles. The molecule has 0 fully saturated rings. The number of ether oxygens (including phenoxy) is 1. The van der Waals surface area contributed by atoms with E-state index in [2.05, 4.69) is 0 Å². The molecule has 0 aromatic heterocycles. The van der Waals surface area contributed by atoms with Crippen molar-refractivity contribution in [1.82, 2.24) is 0 Å². The maximum Gasteiger partial charge on any atom is 0.124 e. The van der Waals surface area contributed by atoms with Crippen LogP contribution in [0.25, 0.3) is 0 Å². The van der Waals surface area contributed by atoms with E-state index in [9.17, 15) is 5.11 Å². The van der Waals surface area contributed by atoms with Crippen molar-refractivity contribution in [2.24, 2.45) is 5.73 Å². The van der Waals surface area contributed by atoms with Crippen LogP contribution >= 0.6 is 0 Å². The summed E-state index contributed by atoms with van der Waals surface area (Å²) in [6.45, 7) is 1.82. The Morgan fingerprint density at radius 2 is 2.17 bits per heavy atom. The molecule has 0 heterocycles. The quantitative estimate of drug-likeness (QED) is 0.700. The normalized spacial score (nSPS) is 12.6. The van der Waals surface area contributed by atoms with Gasteiger partial charge in [-0.25, -0.2) is 0 Å². The van der Waals surface area contributed by atoms with Gasteiger partial charge in [0, 0.05) is 17.7 Å². The van der Waals surface area contributed by atoms with E-state index in [-0.39, 0.29) is 11.8 Å². The highest BCUT2D eigenvalue weighted by Gasteiger charge is 2.06. The Kier molecular flexibility index (Phi) is 2.55. The number of hydrogen-bond donors (Lipinski definition) is 2. The minimum absolute atomic E-state index is 0.157. The van der Waals surface area contributed by atoms with Crippen LogP contribution < -0.4 is 10.5 Å². The summed E-state index contributed by atoms with van der Waals surface area (Å²) >= 11 is 0. The Morgan fingerprint density at radius 3 is 2.58 bits per heavy atom. The fourth-order valence-corrected chi connectivity index (χ4v) is 1.04. The number of phenols is 1. The zero-order valence-corrected chi connectivity index (χ0v) is 7.24. The third-order valence-corrected chi connectivity index (χ3v) is 1.73. The molecule has 3 nitrogen and oxygen atoms in total. The number of phenolic OH excluding ortho intramolecular Hbond substituents is 1. The summed E-state index contributed by atoms with van der Waals surface area (Å²) in [5.74, 6) is 0.821. The molecule has 0 bridgehead atoms. The van der Waals surface area contributed by atoms with Gasteiger partial charge in [0.05, 0.1) is 7.11 Å². The van der Waals surface area contributed by atoms with Gasteiger partial charge in [-0.05, 0) is 13.0 Å². The second-order valence-corrected chi connectivity index (χ2v) is 2.71. The smallest absolute Gasteiger partial charge is 0.124 e. The van der Waals surface area contributed by atoms with Gasteiger partial charge in [-0.2, -0.15) is 0 Å². The molecule has 0 radical (unpaired) electrons. The highest BCUT2D eigenvalue weighted by atomic mass is 16.5. The molecular formula is C9H13NO2. The van der Waals surface area contributed by atoms with Crippen molar-refractivity contribution >= 4 is 0 Å². The summed E-state index contributed by atoms with van der Waals surface area (Å²) in [6.07, 6.45) is 0. The van der Waals surface area contributed by atoms with E-state index in [0.29, 0.717) is 5.75 Å². The lowest BCUT2D eigenvalue weighted by Crippen LogP contribution is -2.04. The van der Waals surface area contributed by atoms with E-state index in [0.717, 1.165) is 5.56 Å². The molecule has 0 unspecified atom stereocenters. The van der Waals surface area contributed by atoms with Crippen molar-refractivity contribution < 1.29 is 9.84 Å². The zero-order chi connectivity index (χ0) is 9.14. The van der Waals surface area contributed by atoms with Crippen LogP contribution in [0.3, 0.4) is 0 Å². The highest BCUT2D eigenvalue weighted by Crippen LogP contribution is 2.26. The summed E-state index contributed by atoms with van der Waals surface area (Å²) < 4.78 is 4.93. The molecule has 1 atom stereocenters. The maximum atomic E-state index is 9.43. The summed E-state index contributed by atoms with van der Waals surface area (Å²) in [6, 6.07) is 4.94. The summed E-state index contributed by atoms with van der Waals surface area (Å²) in [5, 5.41) is 9.43. The van der Waals surface area contributed by atoms with Crippen LogP contribution in [0.1, 0.15) is 18.5 Å². The van der Waals surface area contributed by atoms with E-state index in [1.807, 2.05) is 6.92 Å². The van der Waals surface area contributed by atoms with Crippen LogP contribution in [0.4, 0.5) is 0 Å². The van der Waals surface area contributed by atoms with Crippen molar-refractivity contribution in [1.29, 1.82) is 0 Å². The first-order valence-corrected chi connectivity index (χ1v) is 3.77. The van der Waals surface area contributed by atoms with E-state index in [1.54, 1.807) is 25.3 Å². The topological polar surface area (TPSA) is 55.5 Å². The number of benzene rings is 1. The maximum absolute atomic E-state index is 9.43. The molecule has 0 aliphatic heterocycles. The van der Waals surface area contributed by atoms with Crippen LogP contribution in [0.5, 0.6) is 11.5 Å². The molecule has 0 spiro atoms. The number of hydrogen-bond acceptors (Lipinski definition) is 3. The first-order chi connectivity index (χ1) is 5.65. The molecule has 1 aromatic carbocycles. The van der Waals surface area contributed by atoms with E-state index in [1.165, 1.54) is 0 Å². The van der Waals surface area contributed by atoms with Crippen LogP contribution in [0.2, 0.25) is 0 Å². The van der Waals surface area contributed by atoms with Crippen molar-refractivity contribution in [3.63, 3.8) is 0 Å². The molecular weight excluding hydrogens is 154 g/mol. The number of nitrogens with two attached hydrogens (primary N) is 1. The Balaban J connectivity index is 3.03. The third-order valence-electron chi connectivity index (χ3n) is 1.73. The van der Waals surface area contributed by atoms with Crippen LogP contribution in [0, 0.1) is 0 Å². The van der Waals surface area contributed by atoms with Gasteiger partial charge < -0.3 is 15.6 Å². The molecule has 1 rings (SSSR count). The van der Waals surface area contributed by atoms with Crippen molar-refractivity contribution in [3.8, 4) is 11.5 Å². The molecule has 0 saturated carbocycles. The summed E-state index contributed by atoms with van der Waals surface area (Å²) in [5.41, 5.74) is 6.34. The standard InChI is InChI=1S/C9H13NO2/c1-6(10)8-4-3-7(12-2)5-9(8)11/h3-6,11H,10H2,1-2H3/t6-/m1/s1. The van der Waals surface area contributed by atoms with Crippen molar-refractivity contribution in [2.75, 3.05) is 7.11 Å². The fraction of sp³-hybridized carbons (Fsp3) is 0.333. The second-order valence-electron chi connectivity index (χ2n) is 2.71. The molecule has 0 aliphatic carbocycles. The first kappa shape index (κ1) is 8.87. The Hall–Kier alpha value is -1.22. The Morgan fingerprint density at radius 1 is 1.50 bits per heavy atom. The fourth-order valence-electron chi connectivity index (χ4n) is 1.04. The lowest BCUT2D eigenvalue weighted by Gasteiger charge is -2.09. The second kappa shape index (κ2) is 3.45. The van der Waals surface area contributed by atoms with Crippen molar-refractivity contribution in [2.45, 2.75) is 13.0 Å². The van der Waals surface area contributed by atoms with E-state index in [4.69, 9.17) is 10.5 Å². The molecule has 0 aliphatic rings. The molecule has 3 heteroatoms. The third kappa shape index (κ3) is 1.68. The van der Waals surface area contributed by atoms with E-state index < -0.39 is 0 Å². The minimum atomic E-state index is -0.157. The lowest BCUT2D eigenvalue weighted by atomic mass is 10.1. The van der Waals surface area contributed by atoms with Gasteiger partial charge in [0.15, 0.2) is 0 Å². The SMILES string of the molecule is COc1ccc([C@@H](C)N)c(O)c1. The number of rotatable bonds is 2. The van der Waals surface area contributed by atoms with Gasteiger partial charge in [0.1, 0.15) is 11.5 Å². The molecule has 12 heavy (non-hydrogen) atoms. The molecule has 0 amide bonds. The largest absolute Gasteiger partial charge is 0.507 e. The summed E-state index contributed by atoms with van der Waals surface area (Å²) in [4.78, 5) is 0. The Bertz CT molecular complexity index is 271. The zero-order valence-electron chi connectivity index (χ0n) is 7.24. The molecule has 66 valence electrons. The van der Waals surface area contributed by atoms with Gasteiger partial charge in [-0.3, -0.25) is 0 Å². The van der Waals surface area contributed by atoms with Crippen LogP contribution in [-0.4, -0.2) is 12.2 Å². The van der Waals surface area contributed by atoms with Crippen LogP contribution in [-0.2, 0) is 0 Å². The average Bonchev–Trinajstić information content (AvgIpc) is 2.03. The van der Waals surface area contributed by atoms with Gasteiger partial charge >= 0.3 is 0 Å². The predicted octanol–water partition coefficient (Wildman–Crippen LogP) is 1.42.